The standard InChI is InChI=1S/C45H26N4O2/c1-3-11-27(12-4-1)43-46-44(28-13-5-2-6-14-28)48-45(47-43)33-17-9-16-32-35-26-30(22-24-38(35)51-42(32)33)29-21-23-36-34(25-29)31-15-10-20-40-41(31)49(36)37-18-7-8-19-39(37)50-40/h1-26H. The number of para-hydroxylation sites is 4. The summed E-state index contributed by atoms with van der Waals surface area (Å²) in [6.07, 6.45) is 0. The zero-order chi connectivity index (χ0) is 33.5. The molecule has 0 bridgehead atoms. The third-order valence-electron chi connectivity index (χ3n) is 9.85. The van der Waals surface area contributed by atoms with Crippen molar-refractivity contribution in [1.29, 1.82) is 0 Å². The molecule has 1 aliphatic heterocycles. The summed E-state index contributed by atoms with van der Waals surface area (Å²) < 4.78 is 15.3. The lowest BCUT2D eigenvalue weighted by Crippen LogP contribution is -2.03. The molecule has 51 heavy (non-hydrogen) atoms. The maximum atomic E-state index is 6.60. The molecule has 7 aromatic carbocycles. The number of aromatic nitrogens is 4. The number of hydrogen-bond donors (Lipinski definition) is 0. The predicted octanol–water partition coefficient (Wildman–Crippen LogP) is 11.6. The van der Waals surface area contributed by atoms with Crippen molar-refractivity contribution in [1.82, 2.24) is 19.5 Å². The summed E-state index contributed by atoms with van der Waals surface area (Å²) in [6.45, 7) is 0. The fraction of sp³-hybridized carbons (Fsp3) is 0. The average molecular weight is 655 g/mol. The first-order chi connectivity index (χ1) is 25.3. The van der Waals surface area contributed by atoms with Gasteiger partial charge in [-0.05, 0) is 59.7 Å². The van der Waals surface area contributed by atoms with Gasteiger partial charge >= 0.3 is 0 Å². The molecule has 0 saturated heterocycles. The molecule has 10 aromatic rings. The van der Waals surface area contributed by atoms with E-state index in [0.717, 1.165) is 78.0 Å². The van der Waals surface area contributed by atoms with Crippen molar-refractivity contribution in [2.45, 2.75) is 0 Å². The van der Waals surface area contributed by atoms with Crippen LogP contribution in [0, 0.1) is 0 Å². The van der Waals surface area contributed by atoms with E-state index < -0.39 is 0 Å². The fourth-order valence-electron chi connectivity index (χ4n) is 7.48. The van der Waals surface area contributed by atoms with E-state index in [1.165, 1.54) is 10.8 Å². The van der Waals surface area contributed by atoms with E-state index in [1.54, 1.807) is 0 Å². The van der Waals surface area contributed by atoms with Crippen molar-refractivity contribution in [3.05, 3.63) is 158 Å². The summed E-state index contributed by atoms with van der Waals surface area (Å²) in [4.78, 5) is 14.8. The summed E-state index contributed by atoms with van der Waals surface area (Å²) in [7, 11) is 0. The van der Waals surface area contributed by atoms with Gasteiger partial charge in [0.05, 0.1) is 22.3 Å². The number of furan rings is 1. The van der Waals surface area contributed by atoms with Crippen molar-refractivity contribution in [2.24, 2.45) is 0 Å². The van der Waals surface area contributed by atoms with Crippen molar-refractivity contribution >= 4 is 43.7 Å². The number of benzene rings is 7. The van der Waals surface area contributed by atoms with Gasteiger partial charge in [-0.3, -0.25) is 0 Å². The van der Waals surface area contributed by atoms with Gasteiger partial charge < -0.3 is 13.7 Å². The van der Waals surface area contributed by atoms with Gasteiger partial charge in [0.25, 0.3) is 0 Å². The van der Waals surface area contributed by atoms with Crippen molar-refractivity contribution in [2.75, 3.05) is 0 Å². The molecular weight excluding hydrogens is 629 g/mol. The van der Waals surface area contributed by atoms with Gasteiger partial charge in [0.2, 0.25) is 0 Å². The second-order valence-electron chi connectivity index (χ2n) is 12.8. The van der Waals surface area contributed by atoms with E-state index in [0.29, 0.717) is 17.5 Å². The van der Waals surface area contributed by atoms with E-state index in [2.05, 4.69) is 71.3 Å². The van der Waals surface area contributed by atoms with Crippen LogP contribution in [0.2, 0.25) is 0 Å². The minimum atomic E-state index is 0.566. The molecule has 0 atom stereocenters. The molecule has 1 aliphatic rings. The summed E-state index contributed by atoms with van der Waals surface area (Å²) in [5, 5.41) is 4.40. The molecule has 6 heteroatoms. The Balaban J connectivity index is 1.07. The third-order valence-corrected chi connectivity index (χ3v) is 9.85. The Morgan fingerprint density at radius 1 is 0.431 bits per heavy atom. The zero-order valence-corrected chi connectivity index (χ0v) is 27.1. The average Bonchev–Trinajstić information content (AvgIpc) is 3.75. The van der Waals surface area contributed by atoms with Gasteiger partial charge in [-0.15, -0.1) is 0 Å². The molecule has 6 nitrogen and oxygen atoms in total. The van der Waals surface area contributed by atoms with Crippen LogP contribution in [0.1, 0.15) is 0 Å². The van der Waals surface area contributed by atoms with Gasteiger partial charge in [-0.25, -0.2) is 15.0 Å². The first-order valence-corrected chi connectivity index (χ1v) is 16.9. The van der Waals surface area contributed by atoms with Crippen LogP contribution in [0.25, 0.3) is 94.7 Å². The first-order valence-electron chi connectivity index (χ1n) is 16.9. The summed E-state index contributed by atoms with van der Waals surface area (Å²) >= 11 is 0. The number of hydrogen-bond acceptors (Lipinski definition) is 5. The second-order valence-corrected chi connectivity index (χ2v) is 12.8. The van der Waals surface area contributed by atoms with Crippen LogP contribution in [0.3, 0.4) is 0 Å². The monoisotopic (exact) mass is 654 g/mol. The highest BCUT2D eigenvalue weighted by Crippen LogP contribution is 2.46. The maximum Gasteiger partial charge on any atom is 0.167 e. The van der Waals surface area contributed by atoms with Gasteiger partial charge in [0.15, 0.2) is 29.0 Å². The minimum absolute atomic E-state index is 0.566. The molecule has 0 spiro atoms. The molecule has 0 amide bonds. The number of nitrogens with zero attached hydrogens (tertiary/aromatic N) is 4. The molecule has 3 aromatic heterocycles. The van der Waals surface area contributed by atoms with Crippen LogP contribution in [0.5, 0.6) is 11.5 Å². The number of ether oxygens (including phenoxy) is 1. The van der Waals surface area contributed by atoms with E-state index >= 15 is 0 Å². The van der Waals surface area contributed by atoms with Gasteiger partial charge in [-0.1, -0.05) is 109 Å². The molecule has 0 N–H and O–H groups in total. The molecule has 0 fully saturated rings. The normalized spacial score (nSPS) is 12.1. The third kappa shape index (κ3) is 4.26. The minimum Gasteiger partial charge on any atom is -0.455 e. The SMILES string of the molecule is c1ccc(-c2nc(-c3ccccc3)nc(-c3cccc4c3oc3ccc(-c5ccc6c(c5)c5cccc7c5n6-c5ccccc5O7)cc34)n2)cc1. The molecular formula is C45H26N4O2. The quantitative estimate of drug-likeness (QED) is 0.189. The van der Waals surface area contributed by atoms with Gasteiger partial charge in [0, 0.05) is 32.7 Å². The van der Waals surface area contributed by atoms with E-state index in [1.807, 2.05) is 91.0 Å². The Labute approximate surface area is 291 Å². The molecule has 11 rings (SSSR count). The van der Waals surface area contributed by atoms with E-state index in [9.17, 15) is 0 Å². The van der Waals surface area contributed by atoms with E-state index in [4.69, 9.17) is 24.1 Å². The summed E-state index contributed by atoms with van der Waals surface area (Å²) in [5.41, 5.74) is 9.76. The van der Waals surface area contributed by atoms with Gasteiger partial charge in [-0.2, -0.15) is 0 Å². The lowest BCUT2D eigenvalue weighted by atomic mass is 10.00. The van der Waals surface area contributed by atoms with Crippen LogP contribution >= 0.6 is 0 Å². The molecule has 4 heterocycles. The lowest BCUT2D eigenvalue weighted by Gasteiger charge is -2.20. The lowest BCUT2D eigenvalue weighted by molar-refractivity contribution is 0.476. The Morgan fingerprint density at radius 3 is 1.84 bits per heavy atom. The Bertz CT molecular complexity index is 2940. The predicted molar refractivity (Wildman–Crippen MR) is 203 cm³/mol. The highest BCUT2D eigenvalue weighted by atomic mass is 16.5. The largest absolute Gasteiger partial charge is 0.455 e. The van der Waals surface area contributed by atoms with Crippen LogP contribution in [-0.4, -0.2) is 19.5 Å². The van der Waals surface area contributed by atoms with Crippen molar-refractivity contribution in [3.63, 3.8) is 0 Å². The number of fused-ring (bicyclic) bond motifs is 8. The zero-order valence-electron chi connectivity index (χ0n) is 27.1. The van der Waals surface area contributed by atoms with E-state index in [-0.39, 0.29) is 0 Å². The fourth-order valence-corrected chi connectivity index (χ4v) is 7.48. The first kappa shape index (κ1) is 27.9. The topological polar surface area (TPSA) is 66.0 Å². The van der Waals surface area contributed by atoms with Crippen molar-refractivity contribution in [3.8, 4) is 62.5 Å². The summed E-state index contributed by atoms with van der Waals surface area (Å²) in [6, 6.07) is 53.9. The molecule has 238 valence electrons. The highest BCUT2D eigenvalue weighted by Gasteiger charge is 2.24. The maximum absolute atomic E-state index is 6.60. The van der Waals surface area contributed by atoms with Gasteiger partial charge in [0.1, 0.15) is 11.2 Å². The molecule has 0 radical (unpaired) electrons. The summed E-state index contributed by atoms with van der Waals surface area (Å²) in [5.74, 6) is 3.53. The smallest absolute Gasteiger partial charge is 0.167 e. The van der Waals surface area contributed by atoms with Crippen LogP contribution < -0.4 is 4.74 Å². The second kappa shape index (κ2) is 10.7. The molecule has 0 saturated carbocycles. The van der Waals surface area contributed by atoms with Crippen molar-refractivity contribution < 1.29 is 9.15 Å². The molecule has 0 aliphatic carbocycles. The Morgan fingerprint density at radius 2 is 1.06 bits per heavy atom. The molecule has 0 unspecified atom stereocenters. The highest BCUT2D eigenvalue weighted by molar-refractivity contribution is 6.14. The van der Waals surface area contributed by atoms with Crippen LogP contribution in [-0.2, 0) is 0 Å². The Hall–Kier alpha value is -7.05. The number of rotatable bonds is 4. The van der Waals surface area contributed by atoms with Crippen LogP contribution in [0.15, 0.2) is 162 Å². The van der Waals surface area contributed by atoms with Crippen LogP contribution in [0.4, 0.5) is 0 Å². The Kier molecular flexibility index (Phi) is 5.86.